The number of pyridine rings is 1. The lowest BCUT2D eigenvalue weighted by atomic mass is 9.86. The summed E-state index contributed by atoms with van der Waals surface area (Å²) in [5.74, 6) is -0.119. The van der Waals surface area contributed by atoms with E-state index in [-0.39, 0.29) is 17.4 Å². The number of rotatable bonds is 4. The van der Waals surface area contributed by atoms with Gasteiger partial charge >= 0.3 is 0 Å². The van der Waals surface area contributed by atoms with Gasteiger partial charge in [-0.15, -0.1) is 11.3 Å². The summed E-state index contributed by atoms with van der Waals surface area (Å²) in [6.45, 7) is 6.95. The van der Waals surface area contributed by atoms with E-state index < -0.39 is 0 Å². The van der Waals surface area contributed by atoms with Gasteiger partial charge in [0.05, 0.1) is 16.4 Å². The third-order valence-corrected chi connectivity index (χ3v) is 6.18. The first-order valence-corrected chi connectivity index (χ1v) is 10.6. The van der Waals surface area contributed by atoms with Crippen molar-refractivity contribution in [1.29, 1.82) is 0 Å². The van der Waals surface area contributed by atoms with E-state index >= 15 is 0 Å². The van der Waals surface area contributed by atoms with Gasteiger partial charge in [-0.1, -0.05) is 57.2 Å². The summed E-state index contributed by atoms with van der Waals surface area (Å²) in [5, 5.41) is 5.13. The number of hydrogen-bond donors (Lipinski definition) is 2. The van der Waals surface area contributed by atoms with Gasteiger partial charge in [0.1, 0.15) is 4.83 Å². The number of carbonyl (C=O) groups is 1. The van der Waals surface area contributed by atoms with Crippen molar-refractivity contribution in [1.82, 2.24) is 10.3 Å². The van der Waals surface area contributed by atoms with E-state index in [9.17, 15) is 4.79 Å². The first-order valence-electron chi connectivity index (χ1n) is 9.76. The Labute approximate surface area is 174 Å². The van der Waals surface area contributed by atoms with Crippen LogP contribution in [0.25, 0.3) is 21.1 Å². The Morgan fingerprint density at radius 2 is 1.83 bits per heavy atom. The van der Waals surface area contributed by atoms with Crippen LogP contribution in [-0.4, -0.2) is 17.4 Å². The van der Waals surface area contributed by atoms with Crippen LogP contribution in [0.1, 0.15) is 47.6 Å². The normalized spacial score (nSPS) is 13.0. The zero-order valence-corrected chi connectivity index (χ0v) is 17.7. The van der Waals surface area contributed by atoms with E-state index in [1.165, 1.54) is 16.9 Å². The number of amides is 1. The fourth-order valence-electron chi connectivity index (χ4n) is 3.41. The van der Waals surface area contributed by atoms with Crippen LogP contribution in [0.15, 0.2) is 60.7 Å². The van der Waals surface area contributed by atoms with Crippen LogP contribution >= 0.6 is 11.3 Å². The van der Waals surface area contributed by atoms with Crippen LogP contribution in [0.2, 0.25) is 0 Å². The van der Waals surface area contributed by atoms with Crippen LogP contribution < -0.4 is 11.1 Å². The molecule has 0 spiro atoms. The molecule has 29 heavy (non-hydrogen) atoms. The van der Waals surface area contributed by atoms with Gasteiger partial charge in [0.25, 0.3) is 5.91 Å². The summed E-state index contributed by atoms with van der Waals surface area (Å²) in [6, 6.07) is 20.0. The van der Waals surface area contributed by atoms with Gasteiger partial charge in [-0.05, 0) is 40.8 Å². The molecule has 0 aliphatic carbocycles. The van der Waals surface area contributed by atoms with E-state index in [0.29, 0.717) is 11.4 Å². The van der Waals surface area contributed by atoms with Crippen molar-refractivity contribution in [3.05, 3.63) is 76.7 Å². The molecule has 0 aliphatic heterocycles. The average Bonchev–Trinajstić information content (AvgIpc) is 3.12. The lowest BCUT2D eigenvalue weighted by Gasteiger charge is -2.19. The molecule has 4 aromatic rings. The summed E-state index contributed by atoms with van der Waals surface area (Å²) in [4.78, 5) is 19.1. The number of aromatic nitrogens is 1. The van der Waals surface area contributed by atoms with Gasteiger partial charge in [-0.25, -0.2) is 4.98 Å². The Hall–Kier alpha value is -2.76. The van der Waals surface area contributed by atoms with Crippen molar-refractivity contribution in [2.45, 2.75) is 32.2 Å². The van der Waals surface area contributed by atoms with Gasteiger partial charge in [0.2, 0.25) is 0 Å². The lowest BCUT2D eigenvalue weighted by Crippen LogP contribution is -2.32. The molecular formula is C24H25N3OS. The fourth-order valence-corrected chi connectivity index (χ4v) is 4.33. The quantitative estimate of drug-likeness (QED) is 0.493. The summed E-state index contributed by atoms with van der Waals surface area (Å²) in [6.07, 6.45) is 0. The number of nitrogens with one attached hydrogen (secondary N) is 1. The first-order chi connectivity index (χ1) is 13.8. The molecule has 4 nitrogen and oxygen atoms in total. The van der Waals surface area contributed by atoms with E-state index in [4.69, 9.17) is 10.7 Å². The molecule has 2 heterocycles. The maximum Gasteiger partial charge on any atom is 0.261 e. The standard InChI is InChI=1S/C24H25N3OS/c1-24(2,3)18-9-10-19-16(12-18)11-17-13-21(29-23(17)27-19)22(28)26-20(14-25)15-7-5-4-6-8-15/h4-13,20H,14,25H2,1-3H3,(H,26,28)/t20-/m0/s1. The van der Waals surface area contributed by atoms with Crippen LogP contribution in [-0.2, 0) is 5.41 Å². The van der Waals surface area contributed by atoms with E-state index in [2.05, 4.69) is 50.4 Å². The SMILES string of the molecule is CC(C)(C)c1ccc2nc3sc(C(=O)N[C@@H](CN)c4ccccc4)cc3cc2c1. The predicted octanol–water partition coefficient (Wildman–Crippen LogP) is 5.18. The highest BCUT2D eigenvalue weighted by Gasteiger charge is 2.18. The van der Waals surface area contributed by atoms with Crippen molar-refractivity contribution in [2.24, 2.45) is 5.73 Å². The summed E-state index contributed by atoms with van der Waals surface area (Å²) >= 11 is 1.41. The first kappa shape index (κ1) is 19.6. The van der Waals surface area contributed by atoms with Gasteiger partial charge in [-0.2, -0.15) is 0 Å². The number of hydrogen-bond acceptors (Lipinski definition) is 4. The summed E-state index contributed by atoms with van der Waals surface area (Å²) < 4.78 is 0. The molecule has 3 N–H and O–H groups in total. The molecule has 2 aromatic heterocycles. The second-order valence-electron chi connectivity index (χ2n) is 8.32. The van der Waals surface area contributed by atoms with Gasteiger partial charge in [-0.3, -0.25) is 4.79 Å². The molecule has 2 aromatic carbocycles. The summed E-state index contributed by atoms with van der Waals surface area (Å²) in [5.41, 5.74) is 9.20. The number of fused-ring (bicyclic) bond motifs is 2. The molecular weight excluding hydrogens is 378 g/mol. The Balaban J connectivity index is 1.65. The molecule has 5 heteroatoms. The molecule has 0 aliphatic rings. The molecule has 0 bridgehead atoms. The third-order valence-electron chi connectivity index (χ3n) is 5.13. The number of benzene rings is 2. The highest BCUT2D eigenvalue weighted by atomic mass is 32.1. The smallest absolute Gasteiger partial charge is 0.261 e. The van der Waals surface area contributed by atoms with E-state index in [1.807, 2.05) is 36.4 Å². The van der Waals surface area contributed by atoms with E-state index in [1.54, 1.807) is 0 Å². The molecule has 4 rings (SSSR count). The van der Waals surface area contributed by atoms with Crippen LogP contribution in [0, 0.1) is 0 Å². The highest BCUT2D eigenvalue weighted by molar-refractivity contribution is 7.20. The van der Waals surface area contributed by atoms with Crippen molar-refractivity contribution in [2.75, 3.05) is 6.54 Å². The molecule has 148 valence electrons. The molecule has 0 radical (unpaired) electrons. The van der Waals surface area contributed by atoms with Gasteiger partial charge < -0.3 is 11.1 Å². The second-order valence-corrected chi connectivity index (χ2v) is 9.35. The molecule has 1 atom stereocenters. The highest BCUT2D eigenvalue weighted by Crippen LogP contribution is 2.31. The van der Waals surface area contributed by atoms with Crippen molar-refractivity contribution in [3.63, 3.8) is 0 Å². The van der Waals surface area contributed by atoms with E-state index in [0.717, 1.165) is 26.7 Å². The number of nitrogens with two attached hydrogens (primary N) is 1. The second kappa shape index (κ2) is 7.58. The van der Waals surface area contributed by atoms with Gasteiger partial charge in [0, 0.05) is 17.3 Å². The topological polar surface area (TPSA) is 68.0 Å². The summed E-state index contributed by atoms with van der Waals surface area (Å²) in [7, 11) is 0. The van der Waals surface area contributed by atoms with Gasteiger partial charge in [0.15, 0.2) is 0 Å². The number of nitrogens with zero attached hydrogens (tertiary/aromatic N) is 1. The van der Waals surface area contributed by atoms with Crippen LogP contribution in [0.5, 0.6) is 0 Å². The Bertz CT molecular complexity index is 1180. The van der Waals surface area contributed by atoms with Crippen LogP contribution in [0.4, 0.5) is 0 Å². The van der Waals surface area contributed by atoms with Crippen molar-refractivity contribution >= 4 is 38.4 Å². The Kier molecular flexibility index (Phi) is 5.11. The predicted molar refractivity (Wildman–Crippen MR) is 122 cm³/mol. The van der Waals surface area contributed by atoms with Crippen molar-refractivity contribution < 1.29 is 4.79 Å². The third kappa shape index (κ3) is 4.02. The molecule has 0 saturated heterocycles. The van der Waals surface area contributed by atoms with Crippen molar-refractivity contribution in [3.8, 4) is 0 Å². The number of carbonyl (C=O) groups excluding carboxylic acids is 1. The monoisotopic (exact) mass is 403 g/mol. The average molecular weight is 404 g/mol. The molecule has 0 fully saturated rings. The molecule has 0 unspecified atom stereocenters. The molecule has 1 amide bonds. The molecule has 0 saturated carbocycles. The Morgan fingerprint density at radius 3 is 2.52 bits per heavy atom. The zero-order valence-electron chi connectivity index (χ0n) is 16.9. The maximum absolute atomic E-state index is 12.9. The minimum atomic E-state index is -0.213. The fraction of sp³-hybridized carbons (Fsp3) is 0.250. The minimum absolute atomic E-state index is 0.0809. The Morgan fingerprint density at radius 1 is 1.07 bits per heavy atom. The largest absolute Gasteiger partial charge is 0.343 e. The van der Waals surface area contributed by atoms with Crippen LogP contribution in [0.3, 0.4) is 0 Å². The minimum Gasteiger partial charge on any atom is -0.343 e. The maximum atomic E-state index is 12.9. The number of thiophene rings is 1. The zero-order chi connectivity index (χ0) is 20.6. The lowest BCUT2D eigenvalue weighted by molar-refractivity contribution is 0.0942.